The Kier molecular flexibility index (Phi) is 12.4. The van der Waals surface area contributed by atoms with Crippen LogP contribution in [0.4, 0.5) is 22.7 Å². The molecule has 2 aromatic heterocycles. The predicted octanol–water partition coefficient (Wildman–Crippen LogP) is 16.2. The Hall–Kier alpha value is -8.41. The first-order valence-corrected chi connectivity index (χ1v) is 27.3. The number of para-hydroxylation sites is 1. The van der Waals surface area contributed by atoms with E-state index in [0.717, 1.165) is 22.5 Å². The highest BCUT2D eigenvalue weighted by Gasteiger charge is 2.35. The molecule has 4 nitrogen and oxygen atoms in total. The fourth-order valence-electron chi connectivity index (χ4n) is 11.9. The summed E-state index contributed by atoms with van der Waals surface area (Å²) in [6.45, 7) is 21.3. The van der Waals surface area contributed by atoms with E-state index in [1.54, 1.807) is 0 Å². The van der Waals surface area contributed by atoms with Crippen molar-refractivity contribution < 1.29 is 0 Å². The number of aromatic nitrogens is 2. The van der Waals surface area contributed by atoms with Crippen LogP contribution in [-0.4, -0.2) is 22.9 Å². The first kappa shape index (κ1) is 49.5. The van der Waals surface area contributed by atoms with Crippen molar-refractivity contribution in [2.75, 3.05) is 16.5 Å². The van der Waals surface area contributed by atoms with E-state index in [0.29, 0.717) is 6.67 Å². The van der Waals surface area contributed by atoms with E-state index in [9.17, 15) is 0 Å². The van der Waals surface area contributed by atoms with Crippen molar-refractivity contribution in [3.05, 3.63) is 270 Å². The molecule has 0 fully saturated rings. The van der Waals surface area contributed by atoms with Crippen molar-refractivity contribution in [2.45, 2.75) is 78.6 Å². The SMILES string of the molecule is Cc1cc2c(cc1C)N(c1cc(C(C)(C)c3ccccc3)cc(C(C)(C)c3ccccc3)c1)CN2c1cc(B(c2ccccc2)c2ccc3c4ccccc4n(-c4cc(C(C)(C)C)ccn4)c3c2)cc(-c2ccccc2)c1. The molecule has 11 aromatic rings. The van der Waals surface area contributed by atoms with Crippen molar-refractivity contribution in [2.24, 2.45) is 0 Å². The molecule has 3 heterocycles. The minimum atomic E-state index is -0.264. The van der Waals surface area contributed by atoms with Gasteiger partial charge >= 0.3 is 0 Å². The van der Waals surface area contributed by atoms with Crippen molar-refractivity contribution in [3.8, 4) is 16.9 Å². The average molecular weight is 999 g/mol. The van der Waals surface area contributed by atoms with Crippen LogP contribution in [0.25, 0.3) is 38.8 Å². The number of fused-ring (bicyclic) bond motifs is 4. The zero-order chi connectivity index (χ0) is 53.2. The number of hydrogen-bond donors (Lipinski definition) is 0. The van der Waals surface area contributed by atoms with Crippen molar-refractivity contribution in [1.82, 2.24) is 9.55 Å². The Morgan fingerprint density at radius 1 is 0.390 bits per heavy atom. The number of anilines is 4. The van der Waals surface area contributed by atoms with Crippen LogP contribution in [0.1, 0.15) is 87.4 Å². The third-order valence-electron chi connectivity index (χ3n) is 16.8. The molecule has 1 aliphatic rings. The van der Waals surface area contributed by atoms with Crippen LogP contribution in [0.2, 0.25) is 0 Å². The van der Waals surface area contributed by atoms with Crippen LogP contribution in [0.5, 0.6) is 0 Å². The van der Waals surface area contributed by atoms with Gasteiger partial charge in [-0.3, -0.25) is 4.57 Å². The Morgan fingerprint density at radius 2 is 0.922 bits per heavy atom. The molecule has 0 unspecified atom stereocenters. The number of rotatable bonds is 11. The van der Waals surface area contributed by atoms with Gasteiger partial charge < -0.3 is 9.80 Å². The summed E-state index contributed by atoms with van der Waals surface area (Å²) in [6.07, 6.45) is 1.97. The summed E-state index contributed by atoms with van der Waals surface area (Å²) >= 11 is 0. The van der Waals surface area contributed by atoms with Gasteiger partial charge in [-0.1, -0.05) is 229 Å². The topological polar surface area (TPSA) is 24.3 Å². The van der Waals surface area contributed by atoms with Gasteiger partial charge in [0.1, 0.15) is 12.5 Å². The molecular weight excluding hydrogens is 932 g/mol. The van der Waals surface area contributed by atoms with Crippen LogP contribution >= 0.6 is 0 Å². The number of nitrogens with zero attached hydrogens (tertiary/aromatic N) is 4. The van der Waals surface area contributed by atoms with Crippen LogP contribution in [0.3, 0.4) is 0 Å². The van der Waals surface area contributed by atoms with Crippen molar-refractivity contribution in [1.29, 1.82) is 0 Å². The molecule has 0 radical (unpaired) electrons. The normalized spacial score (nSPS) is 12.9. The lowest BCUT2D eigenvalue weighted by molar-refractivity contribution is 0.588. The summed E-state index contributed by atoms with van der Waals surface area (Å²) in [4.78, 5) is 10.2. The maximum atomic E-state index is 5.06. The highest BCUT2D eigenvalue weighted by atomic mass is 15.4. The molecule has 77 heavy (non-hydrogen) atoms. The molecule has 12 rings (SSSR count). The molecule has 9 aromatic carbocycles. The van der Waals surface area contributed by atoms with Gasteiger partial charge in [0.25, 0.3) is 0 Å². The smallest absolute Gasteiger partial charge is 0.241 e. The van der Waals surface area contributed by atoms with Gasteiger partial charge in [-0.25, -0.2) is 4.98 Å². The lowest BCUT2D eigenvalue weighted by Crippen LogP contribution is -2.52. The summed E-state index contributed by atoms with van der Waals surface area (Å²) in [5.41, 5.74) is 21.5. The summed E-state index contributed by atoms with van der Waals surface area (Å²) in [7, 11) is 0. The molecule has 0 bridgehead atoms. The van der Waals surface area contributed by atoms with E-state index < -0.39 is 0 Å². The van der Waals surface area contributed by atoms with Gasteiger partial charge in [-0.15, -0.1) is 0 Å². The summed E-state index contributed by atoms with van der Waals surface area (Å²) in [5, 5.41) is 2.43. The number of benzene rings is 9. The quantitative estimate of drug-likeness (QED) is 0.121. The van der Waals surface area contributed by atoms with E-state index in [1.165, 1.54) is 94.3 Å². The molecule has 0 spiro atoms. The standard InChI is InChI=1S/C72H67BN4/c1-49-38-67-68(39-50(49)2)76(62-43-56(71(6,7)53-26-16-11-17-27-53)42-57(44-62)72(8,9)54-28-18-12-19-29-54)48-75(67)61-41-52(51-24-14-10-15-25-51)40-60(46-61)73(58-30-20-13-21-31-58)59-34-35-64-63-32-22-23-33-65(63)77(66(64)47-59)69-45-55(36-37-74-69)70(3,4)5/h10-47H,48H2,1-9H3. The Bertz CT molecular complexity index is 3890. The van der Waals surface area contributed by atoms with E-state index in [1.807, 2.05) is 6.20 Å². The van der Waals surface area contributed by atoms with Crippen molar-refractivity contribution in [3.63, 3.8) is 0 Å². The highest BCUT2D eigenvalue weighted by Crippen LogP contribution is 2.48. The molecule has 378 valence electrons. The maximum Gasteiger partial charge on any atom is 0.241 e. The van der Waals surface area contributed by atoms with Crippen molar-refractivity contribution >= 4 is 67.7 Å². The van der Waals surface area contributed by atoms with Gasteiger partial charge in [0.15, 0.2) is 0 Å². The van der Waals surface area contributed by atoms with E-state index in [4.69, 9.17) is 4.98 Å². The molecule has 0 aliphatic carbocycles. The molecule has 0 N–H and O–H groups in total. The molecular formula is C72H67BN4. The van der Waals surface area contributed by atoms with Crippen LogP contribution in [0, 0.1) is 13.8 Å². The number of aryl methyl sites for hydroxylation is 2. The monoisotopic (exact) mass is 999 g/mol. The number of hydrogen-bond acceptors (Lipinski definition) is 3. The molecule has 0 atom stereocenters. The van der Waals surface area contributed by atoms with Crippen LogP contribution < -0.4 is 26.2 Å². The first-order chi connectivity index (χ1) is 37.1. The first-order valence-electron chi connectivity index (χ1n) is 27.3. The second kappa shape index (κ2) is 19.3. The second-order valence-corrected chi connectivity index (χ2v) is 23.5. The van der Waals surface area contributed by atoms with Crippen LogP contribution in [-0.2, 0) is 16.2 Å². The van der Waals surface area contributed by atoms with Gasteiger partial charge in [-0.05, 0) is 130 Å². The van der Waals surface area contributed by atoms with E-state index in [-0.39, 0.29) is 23.0 Å². The zero-order valence-electron chi connectivity index (χ0n) is 46.0. The molecule has 5 heteroatoms. The summed E-state index contributed by atoms with van der Waals surface area (Å²) in [6, 6.07) is 83.9. The number of pyridine rings is 1. The predicted molar refractivity (Wildman–Crippen MR) is 329 cm³/mol. The summed E-state index contributed by atoms with van der Waals surface area (Å²) < 4.78 is 2.37. The zero-order valence-corrected chi connectivity index (χ0v) is 46.0. The van der Waals surface area contributed by atoms with Gasteiger partial charge in [0.2, 0.25) is 6.71 Å². The molecule has 1 aliphatic heterocycles. The van der Waals surface area contributed by atoms with Gasteiger partial charge in [-0.2, -0.15) is 0 Å². The molecule has 0 saturated heterocycles. The fourth-order valence-corrected chi connectivity index (χ4v) is 11.9. The minimum absolute atomic E-state index is 0.0303. The Labute approximate surface area is 456 Å². The van der Waals surface area contributed by atoms with Gasteiger partial charge in [0, 0.05) is 39.2 Å². The second-order valence-electron chi connectivity index (χ2n) is 23.5. The highest BCUT2D eigenvalue weighted by molar-refractivity contribution is 6.95. The largest absolute Gasteiger partial charge is 0.321 e. The third-order valence-corrected chi connectivity index (χ3v) is 16.8. The minimum Gasteiger partial charge on any atom is -0.321 e. The van der Waals surface area contributed by atoms with E-state index in [2.05, 4.69) is 301 Å². The third kappa shape index (κ3) is 9.02. The lowest BCUT2D eigenvalue weighted by Gasteiger charge is -2.33. The summed E-state index contributed by atoms with van der Waals surface area (Å²) in [5.74, 6) is 0.929. The average Bonchev–Trinajstić information content (AvgIpc) is 4.02. The Morgan fingerprint density at radius 3 is 1.52 bits per heavy atom. The Balaban J connectivity index is 1.05. The van der Waals surface area contributed by atoms with Crippen LogP contribution in [0.15, 0.2) is 231 Å². The lowest BCUT2D eigenvalue weighted by atomic mass is 9.36. The van der Waals surface area contributed by atoms with E-state index >= 15 is 0 Å². The molecule has 0 saturated carbocycles. The molecule has 0 amide bonds. The maximum absolute atomic E-state index is 5.06. The van der Waals surface area contributed by atoms with Gasteiger partial charge in [0.05, 0.1) is 22.4 Å². The fraction of sp³-hybridized carbons (Fsp3) is 0.181.